The van der Waals surface area contributed by atoms with Crippen molar-refractivity contribution in [3.05, 3.63) is 171 Å². The van der Waals surface area contributed by atoms with Crippen molar-refractivity contribution < 1.29 is 42.4 Å². The van der Waals surface area contributed by atoms with E-state index in [2.05, 4.69) is 25.2 Å². The average molecular weight is 930 g/mol. The molecule has 0 radical (unpaired) electrons. The molecule has 0 unspecified atom stereocenters. The number of fused-ring (bicyclic) bond motifs is 4. The number of carbonyl (C=O) groups excluding carboxylic acids is 2. The Morgan fingerprint density at radius 1 is 0.851 bits per heavy atom. The van der Waals surface area contributed by atoms with Gasteiger partial charge >= 0.3 is 12.1 Å². The van der Waals surface area contributed by atoms with Gasteiger partial charge < -0.3 is 40.0 Å². The molecule has 1 amide bonds. The molecule has 1 aromatic heterocycles. The van der Waals surface area contributed by atoms with Gasteiger partial charge in [0.1, 0.15) is 30.8 Å². The van der Waals surface area contributed by atoms with E-state index in [1.165, 1.54) is 18.2 Å². The zero-order valence-electron chi connectivity index (χ0n) is 36.9. The first-order chi connectivity index (χ1) is 32.5. The van der Waals surface area contributed by atoms with Gasteiger partial charge in [0, 0.05) is 31.1 Å². The number of hydrogen-bond donors (Lipinski definition) is 6. The summed E-state index contributed by atoms with van der Waals surface area (Å²) in [6.45, 7) is 3.48. The van der Waals surface area contributed by atoms with Crippen molar-refractivity contribution >= 4 is 33.0 Å². The summed E-state index contributed by atoms with van der Waals surface area (Å²) in [7, 11) is -3.93. The second kappa shape index (κ2) is 21.8. The molecule has 0 spiro atoms. The number of phenolic OH excluding ortho intramolecular Hbond substituents is 1. The fourth-order valence-corrected chi connectivity index (χ4v) is 10.1. The number of aromatic nitrogens is 1. The molecule has 15 nitrogen and oxygen atoms in total. The molecule has 6 aromatic rings. The van der Waals surface area contributed by atoms with Crippen LogP contribution in [-0.4, -0.2) is 92.6 Å². The van der Waals surface area contributed by atoms with Crippen LogP contribution in [0.25, 0.3) is 10.9 Å². The third kappa shape index (κ3) is 12.1. The predicted octanol–water partition coefficient (Wildman–Crippen LogP) is 6.11. The number of hydrogen-bond acceptors (Lipinski definition) is 12. The molecule has 16 heteroatoms. The number of pyridine rings is 1. The van der Waals surface area contributed by atoms with Crippen LogP contribution in [0.2, 0.25) is 0 Å². The van der Waals surface area contributed by atoms with Gasteiger partial charge in [-0.05, 0) is 122 Å². The fourth-order valence-electron chi connectivity index (χ4n) is 8.78. The number of phenols is 1. The summed E-state index contributed by atoms with van der Waals surface area (Å²) in [4.78, 5) is 42.9. The van der Waals surface area contributed by atoms with Gasteiger partial charge in [-0.25, -0.2) is 22.7 Å². The molecule has 350 valence electrons. The first-order valence-corrected chi connectivity index (χ1v) is 24.0. The zero-order valence-corrected chi connectivity index (χ0v) is 37.8. The molecule has 3 fully saturated rings. The van der Waals surface area contributed by atoms with E-state index in [4.69, 9.17) is 14.2 Å². The minimum atomic E-state index is -3.93. The summed E-state index contributed by atoms with van der Waals surface area (Å²) >= 11 is 0. The molecule has 3 saturated heterocycles. The highest BCUT2D eigenvalue weighted by Crippen LogP contribution is 2.32. The molecule has 3 aliphatic rings. The molecule has 3 aliphatic heterocycles. The van der Waals surface area contributed by atoms with Crippen LogP contribution < -0.4 is 25.7 Å². The maximum Gasteiger partial charge on any atom is 0.408 e. The normalized spacial score (nSPS) is 17.7. The highest BCUT2D eigenvalue weighted by Gasteiger charge is 2.37. The van der Waals surface area contributed by atoms with Gasteiger partial charge in [-0.1, -0.05) is 78.9 Å². The number of piperidine rings is 3. The lowest BCUT2D eigenvalue weighted by molar-refractivity contribution is -0.0336. The maximum absolute atomic E-state index is 13.3. The Balaban J connectivity index is 0.774. The van der Waals surface area contributed by atoms with Gasteiger partial charge in [-0.2, -0.15) is 0 Å². The van der Waals surface area contributed by atoms with Gasteiger partial charge in [0.25, 0.3) is 0 Å². The van der Waals surface area contributed by atoms with Crippen molar-refractivity contribution in [1.29, 1.82) is 0 Å². The van der Waals surface area contributed by atoms with Crippen LogP contribution in [0.4, 0.5) is 4.79 Å². The number of nitrogens with zero attached hydrogens (tertiary/aromatic N) is 1. The molecule has 5 aromatic carbocycles. The lowest BCUT2D eigenvalue weighted by Crippen LogP contribution is -2.52. The van der Waals surface area contributed by atoms with Crippen LogP contribution in [0.3, 0.4) is 0 Å². The van der Waals surface area contributed by atoms with E-state index in [0.29, 0.717) is 53.1 Å². The average Bonchev–Trinajstić information content (AvgIpc) is 3.35. The number of ether oxygens (including phenoxy) is 3. The number of aryl methyl sites for hydroxylation is 1. The Labute approximate surface area is 389 Å². The molecular weight excluding hydrogens is 875 g/mol. The van der Waals surface area contributed by atoms with Crippen molar-refractivity contribution in [2.45, 2.75) is 55.4 Å². The lowest BCUT2D eigenvalue weighted by atomic mass is 9.86. The number of H-pyrrole nitrogens is 1. The Morgan fingerprint density at radius 2 is 1.61 bits per heavy atom. The van der Waals surface area contributed by atoms with E-state index in [1.54, 1.807) is 54.6 Å². The molecule has 6 N–H and O–H groups in total. The first-order valence-electron chi connectivity index (χ1n) is 22.6. The molecule has 4 heterocycles. The van der Waals surface area contributed by atoms with Crippen LogP contribution in [0, 0.1) is 5.92 Å². The van der Waals surface area contributed by atoms with Crippen LogP contribution in [0.15, 0.2) is 137 Å². The standard InChI is InChI=1S/C51H55N5O10S/c57-43-21-19-41(42-20-22-47(59)54-49(42)43)44(58)31-52-25-7-12-36-8-4-5-14-46(36)67(62,63)53-26-29-64-50(60)38-17-15-34(16-18-38)33-65-40-13-6-11-39(30-40)48(37-9-2-1-3-10-37)55-51(61)66-45-32-56-27-23-35(45)24-28-56/h1-6,8-11,13-22,30,35,44-45,48,52-53,57-58H,7,12,23-29,31-33H2,(H,54,59)(H,55,61)/t44-,45-,48-/m0/s1. The van der Waals surface area contributed by atoms with Crippen LogP contribution in [0.5, 0.6) is 11.5 Å². The second-order valence-corrected chi connectivity index (χ2v) is 18.6. The zero-order chi connectivity index (χ0) is 46.8. The summed E-state index contributed by atoms with van der Waals surface area (Å²) in [5.41, 5.74) is 3.91. The maximum atomic E-state index is 13.3. The molecule has 0 saturated carbocycles. The van der Waals surface area contributed by atoms with Gasteiger partial charge in [-0.3, -0.25) is 9.69 Å². The summed E-state index contributed by atoms with van der Waals surface area (Å²) in [5.74, 6) is 0.311. The number of alkyl carbamates (subject to hydrolysis) is 1. The molecular formula is C51H55N5O10S. The predicted molar refractivity (Wildman–Crippen MR) is 252 cm³/mol. The van der Waals surface area contributed by atoms with Gasteiger partial charge in [0.15, 0.2) is 0 Å². The van der Waals surface area contributed by atoms with Gasteiger partial charge in [0.05, 0.1) is 28.1 Å². The number of aromatic hydroxyl groups is 1. The number of aliphatic hydroxyl groups is 1. The number of carbonyl (C=O) groups is 2. The number of amides is 1. The Hall–Kier alpha value is -6.56. The van der Waals surface area contributed by atoms with Crippen molar-refractivity contribution in [2.75, 3.05) is 45.9 Å². The smallest absolute Gasteiger partial charge is 0.408 e. The topological polar surface area (TPSA) is 209 Å². The quantitative estimate of drug-likeness (QED) is 0.0379. The Kier molecular flexibility index (Phi) is 15.3. The van der Waals surface area contributed by atoms with E-state index in [-0.39, 0.29) is 54.1 Å². The van der Waals surface area contributed by atoms with E-state index in [0.717, 1.165) is 49.2 Å². The van der Waals surface area contributed by atoms with E-state index in [1.807, 2.05) is 54.6 Å². The van der Waals surface area contributed by atoms with Crippen LogP contribution in [0.1, 0.15) is 69.6 Å². The molecule has 9 rings (SSSR count). The lowest BCUT2D eigenvalue weighted by Gasteiger charge is -2.43. The fraction of sp³-hybridized carbons (Fsp3) is 0.314. The molecule has 3 atom stereocenters. The first kappa shape index (κ1) is 47.0. The monoisotopic (exact) mass is 929 g/mol. The number of esters is 1. The molecule has 2 bridgehead atoms. The minimum absolute atomic E-state index is 0.0888. The second-order valence-electron chi connectivity index (χ2n) is 16.9. The van der Waals surface area contributed by atoms with Crippen LogP contribution >= 0.6 is 0 Å². The van der Waals surface area contributed by atoms with Crippen molar-refractivity contribution in [3.8, 4) is 11.5 Å². The third-order valence-electron chi connectivity index (χ3n) is 12.3. The highest BCUT2D eigenvalue weighted by atomic mass is 32.2. The minimum Gasteiger partial charge on any atom is -0.506 e. The number of sulfonamides is 1. The van der Waals surface area contributed by atoms with Crippen molar-refractivity contribution in [3.63, 3.8) is 0 Å². The summed E-state index contributed by atoms with van der Waals surface area (Å²) in [6, 6.07) is 36.2. The Morgan fingerprint density at radius 3 is 2.39 bits per heavy atom. The highest BCUT2D eigenvalue weighted by molar-refractivity contribution is 7.89. The van der Waals surface area contributed by atoms with E-state index in [9.17, 15) is 33.0 Å². The van der Waals surface area contributed by atoms with Crippen molar-refractivity contribution in [2.24, 2.45) is 5.92 Å². The number of rotatable bonds is 20. The van der Waals surface area contributed by atoms with E-state index < -0.39 is 34.2 Å². The van der Waals surface area contributed by atoms with Crippen molar-refractivity contribution in [1.82, 2.24) is 25.2 Å². The largest absolute Gasteiger partial charge is 0.506 e. The summed E-state index contributed by atoms with van der Waals surface area (Å²) in [5, 5.41) is 27.8. The van der Waals surface area contributed by atoms with Gasteiger partial charge in [0.2, 0.25) is 15.6 Å². The van der Waals surface area contributed by atoms with Gasteiger partial charge in [-0.15, -0.1) is 0 Å². The number of aromatic amines is 1. The molecule has 67 heavy (non-hydrogen) atoms. The number of benzene rings is 5. The SMILES string of the molecule is O=C(N[C@@H](c1ccccc1)c1cccc(OCc2ccc(C(=O)OCCNS(=O)(=O)c3ccccc3CCCNC[C@H](O)c3ccc(O)c4[nH]c(=O)ccc34)cc2)c1)O[C@H]1CN2CCC1CC2. The van der Waals surface area contributed by atoms with E-state index >= 15 is 0 Å². The molecule has 0 aliphatic carbocycles. The number of nitrogens with one attached hydrogen (secondary N) is 4. The Bertz CT molecular complexity index is 2820. The summed E-state index contributed by atoms with van der Waals surface area (Å²) in [6.07, 6.45) is 1.63. The number of aliphatic hydroxyl groups excluding tert-OH is 1. The van der Waals surface area contributed by atoms with Crippen LogP contribution in [-0.2, 0) is 32.5 Å². The third-order valence-corrected chi connectivity index (χ3v) is 13.9. The summed E-state index contributed by atoms with van der Waals surface area (Å²) < 4.78 is 46.7.